The highest BCUT2D eigenvalue weighted by atomic mass is 32.2. The molecule has 0 amide bonds. The standard InChI is InChI=1S/C19H27N3O3S2/c1-21(13-18-5-3-9-26-18)11-16-10-20-19(27(23,24)14-15-6-7-15)22(16)12-17-4-2-8-25-17/h3,5,9-10,15,17H,2,4,6-8,11-14H2,1H3/t17-/m0/s1. The van der Waals surface area contributed by atoms with Crippen LogP contribution in [0.25, 0.3) is 0 Å². The molecule has 0 unspecified atom stereocenters. The molecular formula is C19H27N3O3S2. The van der Waals surface area contributed by atoms with Crippen LogP contribution in [-0.4, -0.2) is 48.4 Å². The molecule has 8 heteroatoms. The van der Waals surface area contributed by atoms with Gasteiger partial charge in [-0.3, -0.25) is 4.90 Å². The summed E-state index contributed by atoms with van der Waals surface area (Å²) in [6.45, 7) is 2.84. The van der Waals surface area contributed by atoms with Crippen molar-refractivity contribution in [3.63, 3.8) is 0 Å². The van der Waals surface area contributed by atoms with Crippen LogP contribution in [0.2, 0.25) is 0 Å². The van der Waals surface area contributed by atoms with Crippen molar-refractivity contribution in [2.24, 2.45) is 5.92 Å². The van der Waals surface area contributed by atoms with E-state index in [-0.39, 0.29) is 17.0 Å². The molecule has 4 rings (SSSR count). The first kappa shape index (κ1) is 19.1. The van der Waals surface area contributed by atoms with Crippen molar-refractivity contribution in [1.29, 1.82) is 0 Å². The number of imidazole rings is 1. The van der Waals surface area contributed by atoms with Crippen molar-refractivity contribution >= 4 is 21.2 Å². The second-order valence-corrected chi connectivity index (χ2v) is 10.7. The van der Waals surface area contributed by atoms with Crippen molar-refractivity contribution < 1.29 is 13.2 Å². The Morgan fingerprint density at radius 2 is 2.19 bits per heavy atom. The number of hydrogen-bond donors (Lipinski definition) is 0. The predicted molar refractivity (Wildman–Crippen MR) is 105 cm³/mol. The molecule has 2 aliphatic rings. The smallest absolute Gasteiger partial charge is 0.227 e. The predicted octanol–water partition coefficient (Wildman–Crippen LogP) is 2.94. The number of thiophene rings is 1. The lowest BCUT2D eigenvalue weighted by Gasteiger charge is -2.20. The second kappa shape index (κ2) is 8.03. The molecule has 2 aromatic heterocycles. The molecule has 3 heterocycles. The van der Waals surface area contributed by atoms with Crippen LogP contribution in [0.5, 0.6) is 0 Å². The normalized spacial score (nSPS) is 20.6. The molecule has 2 aromatic rings. The van der Waals surface area contributed by atoms with E-state index >= 15 is 0 Å². The lowest BCUT2D eigenvalue weighted by atomic mass is 10.2. The molecule has 0 aromatic carbocycles. The summed E-state index contributed by atoms with van der Waals surface area (Å²) >= 11 is 1.74. The third-order valence-electron chi connectivity index (χ3n) is 5.18. The first-order valence-electron chi connectivity index (χ1n) is 9.61. The Morgan fingerprint density at radius 1 is 1.33 bits per heavy atom. The Hall–Kier alpha value is -1.22. The van der Waals surface area contributed by atoms with E-state index < -0.39 is 9.84 Å². The van der Waals surface area contributed by atoms with Gasteiger partial charge in [0.25, 0.3) is 0 Å². The van der Waals surface area contributed by atoms with Crippen LogP contribution in [0.4, 0.5) is 0 Å². The van der Waals surface area contributed by atoms with Gasteiger partial charge in [-0.15, -0.1) is 11.3 Å². The maximum absolute atomic E-state index is 12.9. The summed E-state index contributed by atoms with van der Waals surface area (Å²) in [6, 6.07) is 4.18. The molecule has 0 spiro atoms. The molecule has 0 N–H and O–H groups in total. The SMILES string of the molecule is CN(Cc1cccs1)Cc1cnc(S(=O)(=O)CC2CC2)n1C[C@@H]1CCCO1. The quantitative estimate of drug-likeness (QED) is 0.637. The van der Waals surface area contributed by atoms with Crippen molar-refractivity contribution in [3.05, 3.63) is 34.3 Å². The van der Waals surface area contributed by atoms with E-state index in [9.17, 15) is 8.42 Å². The molecule has 1 aliphatic carbocycles. The largest absolute Gasteiger partial charge is 0.376 e. The minimum Gasteiger partial charge on any atom is -0.376 e. The first-order chi connectivity index (χ1) is 13.0. The lowest BCUT2D eigenvalue weighted by molar-refractivity contribution is 0.0934. The van der Waals surface area contributed by atoms with Crippen LogP contribution in [0.1, 0.15) is 36.3 Å². The van der Waals surface area contributed by atoms with E-state index in [1.807, 2.05) is 4.57 Å². The van der Waals surface area contributed by atoms with Crippen molar-refractivity contribution in [3.8, 4) is 0 Å². The number of aromatic nitrogens is 2. The van der Waals surface area contributed by atoms with E-state index in [2.05, 4.69) is 34.4 Å². The Kier molecular flexibility index (Phi) is 5.68. The topological polar surface area (TPSA) is 64.4 Å². The van der Waals surface area contributed by atoms with Crippen LogP contribution in [0, 0.1) is 5.92 Å². The zero-order valence-corrected chi connectivity index (χ0v) is 17.3. The first-order valence-corrected chi connectivity index (χ1v) is 12.1. The third-order valence-corrected chi connectivity index (χ3v) is 7.83. The molecule has 148 valence electrons. The molecular weight excluding hydrogens is 382 g/mol. The fourth-order valence-corrected chi connectivity index (χ4v) is 6.25. The molecule has 6 nitrogen and oxygen atoms in total. The minimum absolute atomic E-state index is 0.0791. The van der Waals surface area contributed by atoms with Gasteiger partial charge >= 0.3 is 0 Å². The maximum Gasteiger partial charge on any atom is 0.227 e. The number of hydrogen-bond acceptors (Lipinski definition) is 6. The molecule has 1 saturated carbocycles. The molecule has 0 radical (unpaired) electrons. The minimum atomic E-state index is -3.35. The van der Waals surface area contributed by atoms with Gasteiger partial charge in [0.05, 0.1) is 30.3 Å². The van der Waals surface area contributed by atoms with Gasteiger partial charge in [-0.25, -0.2) is 13.4 Å². The summed E-state index contributed by atoms with van der Waals surface area (Å²) in [5, 5.41) is 2.30. The number of nitrogens with zero attached hydrogens (tertiary/aromatic N) is 3. The monoisotopic (exact) mass is 409 g/mol. The fourth-order valence-electron chi connectivity index (χ4n) is 3.62. The summed E-state index contributed by atoms with van der Waals surface area (Å²) in [7, 11) is -1.30. The van der Waals surface area contributed by atoms with E-state index in [1.165, 1.54) is 4.88 Å². The van der Waals surface area contributed by atoms with Gasteiger partial charge in [0.15, 0.2) is 0 Å². The highest BCUT2D eigenvalue weighted by Gasteiger charge is 2.33. The van der Waals surface area contributed by atoms with Crippen molar-refractivity contribution in [2.45, 2.75) is 56.6 Å². The van der Waals surface area contributed by atoms with Gasteiger partial charge in [-0.2, -0.15) is 0 Å². The summed E-state index contributed by atoms with van der Waals surface area (Å²) in [6.07, 6.45) is 5.86. The molecule has 1 saturated heterocycles. The van der Waals surface area contributed by atoms with Crippen molar-refractivity contribution in [1.82, 2.24) is 14.5 Å². The van der Waals surface area contributed by atoms with E-state index in [0.29, 0.717) is 19.0 Å². The number of sulfone groups is 1. The van der Waals surface area contributed by atoms with Gasteiger partial charge in [0, 0.05) is 24.6 Å². The molecule has 1 atom stereocenters. The molecule has 1 aliphatic heterocycles. The van der Waals surface area contributed by atoms with E-state index in [4.69, 9.17) is 4.74 Å². The average molecular weight is 410 g/mol. The molecule has 27 heavy (non-hydrogen) atoms. The van der Waals surface area contributed by atoms with Gasteiger partial charge in [0.2, 0.25) is 15.0 Å². The Morgan fingerprint density at radius 3 is 2.85 bits per heavy atom. The summed E-state index contributed by atoms with van der Waals surface area (Å²) < 4.78 is 33.5. The molecule has 2 fully saturated rings. The van der Waals surface area contributed by atoms with Gasteiger partial charge in [0.1, 0.15) is 0 Å². The average Bonchev–Trinajstić information content (AvgIpc) is 3.05. The number of rotatable bonds is 9. The number of ether oxygens (including phenoxy) is 1. The Labute approximate surface area is 165 Å². The van der Waals surface area contributed by atoms with Crippen molar-refractivity contribution in [2.75, 3.05) is 19.4 Å². The Balaban J connectivity index is 1.55. The third kappa shape index (κ3) is 4.80. The lowest BCUT2D eigenvalue weighted by Crippen LogP contribution is -2.25. The summed E-state index contributed by atoms with van der Waals surface area (Å²) in [4.78, 5) is 7.85. The van der Waals surface area contributed by atoms with E-state index in [1.54, 1.807) is 17.5 Å². The summed E-state index contributed by atoms with van der Waals surface area (Å²) in [5.74, 6) is 0.535. The second-order valence-electron chi connectivity index (χ2n) is 7.75. The highest BCUT2D eigenvalue weighted by molar-refractivity contribution is 7.91. The van der Waals surface area contributed by atoms with E-state index in [0.717, 1.165) is 44.5 Å². The molecule has 0 bridgehead atoms. The van der Waals surface area contributed by atoms with Crippen LogP contribution in [-0.2, 0) is 34.2 Å². The summed E-state index contributed by atoms with van der Waals surface area (Å²) in [5.41, 5.74) is 0.943. The van der Waals surface area contributed by atoms with Gasteiger partial charge in [-0.1, -0.05) is 6.07 Å². The zero-order chi connectivity index (χ0) is 18.9. The van der Waals surface area contributed by atoms with Crippen LogP contribution >= 0.6 is 11.3 Å². The van der Waals surface area contributed by atoms with Crippen LogP contribution in [0.15, 0.2) is 28.9 Å². The maximum atomic E-state index is 12.9. The van der Waals surface area contributed by atoms with Gasteiger partial charge in [-0.05, 0) is 50.1 Å². The Bertz CT molecular complexity index is 851. The van der Waals surface area contributed by atoms with Gasteiger partial charge < -0.3 is 9.30 Å². The van der Waals surface area contributed by atoms with Crippen LogP contribution in [0.3, 0.4) is 0 Å². The highest BCUT2D eigenvalue weighted by Crippen LogP contribution is 2.32. The zero-order valence-electron chi connectivity index (χ0n) is 15.7. The fraction of sp³-hybridized carbons (Fsp3) is 0.632. The van der Waals surface area contributed by atoms with Crippen LogP contribution < -0.4 is 0 Å².